The van der Waals surface area contributed by atoms with Gasteiger partial charge >= 0.3 is 0 Å². The fourth-order valence-electron chi connectivity index (χ4n) is 2.50. The Kier molecular flexibility index (Phi) is 4.22. The van der Waals surface area contributed by atoms with Crippen molar-refractivity contribution < 1.29 is 13.5 Å². The van der Waals surface area contributed by atoms with Crippen molar-refractivity contribution in [3.63, 3.8) is 0 Å². The van der Waals surface area contributed by atoms with Crippen molar-refractivity contribution in [3.05, 3.63) is 18.2 Å². The largest absolute Gasteiger partial charge is 0.398 e. The minimum atomic E-state index is -3.53. The summed E-state index contributed by atoms with van der Waals surface area (Å²) in [5, 5.41) is 9.62. The molecule has 0 aromatic heterocycles. The van der Waals surface area contributed by atoms with Crippen molar-refractivity contribution in [3.8, 4) is 0 Å². The number of anilines is 2. The van der Waals surface area contributed by atoms with Gasteiger partial charge in [0, 0.05) is 24.7 Å². The molecule has 0 saturated carbocycles. The first kappa shape index (κ1) is 15.1. The highest BCUT2D eigenvalue weighted by molar-refractivity contribution is 7.89. The molecule has 4 N–H and O–H groups in total. The molecule has 0 bridgehead atoms. The van der Waals surface area contributed by atoms with Crippen molar-refractivity contribution >= 4 is 21.4 Å². The zero-order chi connectivity index (χ0) is 14.9. The quantitative estimate of drug-likeness (QED) is 0.699. The molecule has 1 aliphatic rings. The lowest BCUT2D eigenvalue weighted by Gasteiger charge is -2.20. The number of nitrogens with one attached hydrogen (secondary N) is 1. The Balaban J connectivity index is 2.23. The highest BCUT2D eigenvalue weighted by Crippen LogP contribution is 2.29. The van der Waals surface area contributed by atoms with E-state index in [1.807, 2.05) is 0 Å². The van der Waals surface area contributed by atoms with E-state index in [0.29, 0.717) is 0 Å². The maximum Gasteiger partial charge on any atom is 0.242 e. The normalized spacial score (nSPS) is 21.1. The van der Waals surface area contributed by atoms with Crippen LogP contribution in [0.3, 0.4) is 0 Å². The number of hydrogen-bond donors (Lipinski definition) is 3. The molecule has 1 heterocycles. The highest BCUT2D eigenvalue weighted by Gasteiger charge is 2.26. The number of hydrogen-bond acceptors (Lipinski definition) is 5. The van der Waals surface area contributed by atoms with Crippen molar-refractivity contribution in [2.75, 3.05) is 30.8 Å². The summed E-state index contributed by atoms with van der Waals surface area (Å²) >= 11 is 0. The third-order valence-corrected chi connectivity index (χ3v) is 5.31. The van der Waals surface area contributed by atoms with Crippen LogP contribution in [-0.2, 0) is 10.0 Å². The molecule has 6 nitrogen and oxygen atoms in total. The Hall–Kier alpha value is -1.31. The summed E-state index contributed by atoms with van der Waals surface area (Å²) in [7, 11) is -2.17. The fraction of sp³-hybridized carbons (Fsp3) is 0.538. The van der Waals surface area contributed by atoms with Gasteiger partial charge < -0.3 is 15.7 Å². The van der Waals surface area contributed by atoms with Crippen LogP contribution < -0.4 is 15.4 Å². The number of benzene rings is 1. The van der Waals surface area contributed by atoms with Crippen molar-refractivity contribution in [1.82, 2.24) is 4.72 Å². The molecule has 1 aromatic carbocycles. The van der Waals surface area contributed by atoms with Crippen LogP contribution in [0, 0.1) is 5.92 Å². The molecule has 0 aliphatic carbocycles. The standard InChI is InChI=1S/C13H21N3O3S/c1-9(17)10-5-6-16(8-10)11-3-4-13(12(14)7-11)20(18,19)15-2/h3-4,7,9-10,15,17H,5-6,8,14H2,1-2H3. The Labute approximate surface area is 119 Å². The summed E-state index contributed by atoms with van der Waals surface area (Å²) in [4.78, 5) is 2.21. The SMILES string of the molecule is CNS(=O)(=O)c1ccc(N2CCC(C(C)O)C2)cc1N. The first-order valence-corrected chi connectivity index (χ1v) is 8.09. The van der Waals surface area contributed by atoms with Crippen LogP contribution in [-0.4, -0.2) is 39.8 Å². The molecule has 0 radical (unpaired) electrons. The van der Waals surface area contributed by atoms with Gasteiger partial charge in [-0.1, -0.05) is 0 Å². The van der Waals surface area contributed by atoms with E-state index in [1.165, 1.54) is 13.1 Å². The molecule has 112 valence electrons. The molecular weight excluding hydrogens is 278 g/mol. The van der Waals surface area contributed by atoms with Crippen molar-refractivity contribution in [2.45, 2.75) is 24.3 Å². The molecule has 0 amide bonds. The molecule has 2 rings (SSSR count). The number of rotatable bonds is 4. The molecule has 1 aliphatic heterocycles. The number of nitrogen functional groups attached to an aromatic ring is 1. The Bertz CT molecular complexity index is 587. The van der Waals surface area contributed by atoms with E-state index in [-0.39, 0.29) is 22.6 Å². The summed E-state index contributed by atoms with van der Waals surface area (Å²) < 4.78 is 25.8. The van der Waals surface area contributed by atoms with E-state index in [9.17, 15) is 13.5 Å². The first-order valence-electron chi connectivity index (χ1n) is 6.61. The van der Waals surface area contributed by atoms with E-state index >= 15 is 0 Å². The van der Waals surface area contributed by atoms with Gasteiger partial charge in [-0.25, -0.2) is 13.1 Å². The number of nitrogens with zero attached hydrogens (tertiary/aromatic N) is 1. The fourth-order valence-corrected chi connectivity index (χ4v) is 3.34. The summed E-state index contributed by atoms with van der Waals surface area (Å²) in [6.45, 7) is 3.40. The Morgan fingerprint density at radius 3 is 2.70 bits per heavy atom. The predicted octanol–water partition coefficient (Wildman–Crippen LogP) is 0.384. The Morgan fingerprint density at radius 2 is 2.20 bits per heavy atom. The maximum absolute atomic E-state index is 11.8. The lowest BCUT2D eigenvalue weighted by atomic mass is 10.0. The summed E-state index contributed by atoms with van der Waals surface area (Å²) in [5.41, 5.74) is 6.97. The average molecular weight is 299 g/mol. The van der Waals surface area contributed by atoms with Gasteiger partial charge in [0.25, 0.3) is 0 Å². The van der Waals surface area contributed by atoms with Crippen molar-refractivity contribution in [1.29, 1.82) is 0 Å². The lowest BCUT2D eigenvalue weighted by molar-refractivity contribution is 0.136. The average Bonchev–Trinajstić information content (AvgIpc) is 2.88. The lowest BCUT2D eigenvalue weighted by Crippen LogP contribution is -2.24. The number of nitrogens with two attached hydrogens (primary N) is 1. The smallest absolute Gasteiger partial charge is 0.242 e. The van der Waals surface area contributed by atoms with E-state index in [4.69, 9.17) is 5.73 Å². The van der Waals surface area contributed by atoms with E-state index in [0.717, 1.165) is 25.2 Å². The molecule has 2 unspecified atom stereocenters. The maximum atomic E-state index is 11.8. The van der Waals surface area contributed by atoms with Crippen LogP contribution in [0.2, 0.25) is 0 Å². The van der Waals surface area contributed by atoms with Crippen LogP contribution in [0.1, 0.15) is 13.3 Å². The summed E-state index contributed by atoms with van der Waals surface area (Å²) in [6.07, 6.45) is 0.593. The predicted molar refractivity (Wildman–Crippen MR) is 79.1 cm³/mol. The van der Waals surface area contributed by atoms with E-state index in [2.05, 4.69) is 9.62 Å². The van der Waals surface area contributed by atoms with Crippen LogP contribution in [0.15, 0.2) is 23.1 Å². The van der Waals surface area contributed by atoms with Crippen LogP contribution in [0.4, 0.5) is 11.4 Å². The van der Waals surface area contributed by atoms with Gasteiger partial charge in [0.05, 0.1) is 11.8 Å². The second kappa shape index (κ2) is 5.59. The second-order valence-electron chi connectivity index (χ2n) is 5.17. The molecule has 2 atom stereocenters. The molecule has 1 fully saturated rings. The third kappa shape index (κ3) is 2.89. The van der Waals surface area contributed by atoms with Crippen LogP contribution >= 0.6 is 0 Å². The van der Waals surface area contributed by atoms with Crippen molar-refractivity contribution in [2.24, 2.45) is 5.92 Å². The molecule has 0 spiro atoms. The molecule has 1 saturated heterocycles. The van der Waals surface area contributed by atoms with Crippen LogP contribution in [0.25, 0.3) is 0 Å². The first-order chi connectivity index (χ1) is 9.35. The van der Waals surface area contributed by atoms with E-state index in [1.54, 1.807) is 19.1 Å². The molecule has 7 heteroatoms. The Morgan fingerprint density at radius 1 is 1.50 bits per heavy atom. The van der Waals surface area contributed by atoms with Gasteiger partial charge in [-0.15, -0.1) is 0 Å². The van der Waals surface area contributed by atoms with Gasteiger partial charge in [-0.2, -0.15) is 0 Å². The van der Waals surface area contributed by atoms with Crippen LogP contribution in [0.5, 0.6) is 0 Å². The number of aliphatic hydroxyl groups is 1. The summed E-state index contributed by atoms with van der Waals surface area (Å²) in [6, 6.07) is 4.95. The zero-order valence-electron chi connectivity index (χ0n) is 11.7. The second-order valence-corrected chi connectivity index (χ2v) is 7.02. The summed E-state index contributed by atoms with van der Waals surface area (Å²) in [5.74, 6) is 0.247. The third-order valence-electron chi connectivity index (χ3n) is 3.82. The zero-order valence-corrected chi connectivity index (χ0v) is 12.5. The van der Waals surface area contributed by atoms with Gasteiger partial charge in [0.2, 0.25) is 10.0 Å². The number of aliphatic hydroxyl groups excluding tert-OH is 1. The van der Waals surface area contributed by atoms with Gasteiger partial charge in [0.1, 0.15) is 4.90 Å². The monoisotopic (exact) mass is 299 g/mol. The molecule has 20 heavy (non-hydrogen) atoms. The van der Waals surface area contributed by atoms with Gasteiger partial charge in [0.15, 0.2) is 0 Å². The minimum Gasteiger partial charge on any atom is -0.398 e. The minimum absolute atomic E-state index is 0.0926. The topological polar surface area (TPSA) is 95.7 Å². The molecular formula is C13H21N3O3S. The molecule has 1 aromatic rings. The van der Waals surface area contributed by atoms with Gasteiger partial charge in [-0.05, 0) is 38.6 Å². The van der Waals surface area contributed by atoms with Gasteiger partial charge in [-0.3, -0.25) is 0 Å². The van der Waals surface area contributed by atoms with E-state index < -0.39 is 10.0 Å². The number of sulfonamides is 1. The highest BCUT2D eigenvalue weighted by atomic mass is 32.2.